The van der Waals surface area contributed by atoms with Gasteiger partial charge in [-0.15, -0.1) is 0 Å². The van der Waals surface area contributed by atoms with Crippen LogP contribution < -0.4 is 5.32 Å². The van der Waals surface area contributed by atoms with Gasteiger partial charge in [-0.05, 0) is 25.8 Å². The standard InChI is InChI=1S/C15H19F2N5O/c1-9-11(8-22(2)21-9)12-6-13(14(16)17)20-15(19-12)18-7-10-4-3-5-23-10/h6,8,10,14H,3-5,7H2,1-2H3,(H,18,19,20). The molecule has 0 aliphatic carbocycles. The maximum atomic E-state index is 13.1. The second kappa shape index (κ2) is 6.57. The highest BCUT2D eigenvalue weighted by molar-refractivity contribution is 5.62. The number of anilines is 1. The van der Waals surface area contributed by atoms with Crippen LogP contribution >= 0.6 is 0 Å². The molecule has 3 rings (SSSR count). The molecule has 0 radical (unpaired) electrons. The van der Waals surface area contributed by atoms with Crippen LogP contribution in [0.3, 0.4) is 0 Å². The van der Waals surface area contributed by atoms with Gasteiger partial charge < -0.3 is 10.1 Å². The molecule has 0 saturated carbocycles. The Balaban J connectivity index is 1.88. The summed E-state index contributed by atoms with van der Waals surface area (Å²) in [6.07, 6.45) is 1.16. The normalized spacial score (nSPS) is 17.9. The van der Waals surface area contributed by atoms with E-state index in [1.165, 1.54) is 6.07 Å². The van der Waals surface area contributed by atoms with Crippen LogP contribution in [0.2, 0.25) is 0 Å². The van der Waals surface area contributed by atoms with Crippen molar-refractivity contribution in [1.82, 2.24) is 19.7 Å². The summed E-state index contributed by atoms with van der Waals surface area (Å²) in [5.41, 5.74) is 1.59. The largest absolute Gasteiger partial charge is 0.376 e. The van der Waals surface area contributed by atoms with Crippen molar-refractivity contribution in [3.63, 3.8) is 0 Å². The Morgan fingerprint density at radius 1 is 1.43 bits per heavy atom. The lowest BCUT2D eigenvalue weighted by molar-refractivity contribution is 0.120. The van der Waals surface area contributed by atoms with Crippen LogP contribution in [0.1, 0.15) is 30.7 Å². The third-order valence-corrected chi connectivity index (χ3v) is 3.77. The lowest BCUT2D eigenvalue weighted by Crippen LogP contribution is -2.20. The topological polar surface area (TPSA) is 64.9 Å². The molecule has 23 heavy (non-hydrogen) atoms. The second-order valence-electron chi connectivity index (χ2n) is 5.62. The van der Waals surface area contributed by atoms with Crippen LogP contribution in [0.5, 0.6) is 0 Å². The molecule has 1 aliphatic rings. The molecule has 0 amide bonds. The van der Waals surface area contributed by atoms with E-state index in [1.807, 2.05) is 6.92 Å². The first-order valence-electron chi connectivity index (χ1n) is 7.56. The van der Waals surface area contributed by atoms with Gasteiger partial charge >= 0.3 is 0 Å². The molecule has 0 spiro atoms. The Morgan fingerprint density at radius 3 is 2.87 bits per heavy atom. The maximum absolute atomic E-state index is 13.1. The van der Waals surface area contributed by atoms with Crippen LogP contribution in [0.25, 0.3) is 11.3 Å². The Bertz CT molecular complexity index is 683. The lowest BCUT2D eigenvalue weighted by atomic mass is 10.1. The molecule has 2 aromatic heterocycles. The molecule has 8 heteroatoms. The third-order valence-electron chi connectivity index (χ3n) is 3.77. The Morgan fingerprint density at radius 2 is 2.26 bits per heavy atom. The Kier molecular flexibility index (Phi) is 4.51. The van der Waals surface area contributed by atoms with Crippen molar-refractivity contribution in [3.05, 3.63) is 23.7 Å². The molecule has 0 bridgehead atoms. The summed E-state index contributed by atoms with van der Waals surface area (Å²) in [7, 11) is 1.78. The van der Waals surface area contributed by atoms with E-state index in [9.17, 15) is 8.78 Å². The van der Waals surface area contributed by atoms with Crippen molar-refractivity contribution >= 4 is 5.95 Å². The van der Waals surface area contributed by atoms with Gasteiger partial charge in [0, 0.05) is 32.0 Å². The Hall–Kier alpha value is -2.09. The van der Waals surface area contributed by atoms with Gasteiger partial charge in [0.05, 0.1) is 17.5 Å². The van der Waals surface area contributed by atoms with Gasteiger partial charge in [-0.1, -0.05) is 0 Å². The van der Waals surface area contributed by atoms with Crippen LogP contribution in [-0.2, 0) is 11.8 Å². The molecule has 1 unspecified atom stereocenters. The van der Waals surface area contributed by atoms with Crippen LogP contribution in [0, 0.1) is 6.92 Å². The fraction of sp³-hybridized carbons (Fsp3) is 0.533. The molecule has 124 valence electrons. The zero-order valence-electron chi connectivity index (χ0n) is 13.1. The van der Waals surface area contributed by atoms with E-state index < -0.39 is 6.43 Å². The predicted molar refractivity (Wildman–Crippen MR) is 81.4 cm³/mol. The number of nitrogens with zero attached hydrogens (tertiary/aromatic N) is 4. The number of rotatable bonds is 5. The highest BCUT2D eigenvalue weighted by Gasteiger charge is 2.19. The molecule has 1 atom stereocenters. The van der Waals surface area contributed by atoms with Crippen molar-refractivity contribution in [2.24, 2.45) is 7.05 Å². The van der Waals surface area contributed by atoms with Crippen LogP contribution in [-0.4, -0.2) is 39.0 Å². The summed E-state index contributed by atoms with van der Waals surface area (Å²) < 4.78 is 33.4. The number of aromatic nitrogens is 4. The molecular formula is C15H19F2N5O. The molecule has 1 fully saturated rings. The molecule has 6 nitrogen and oxygen atoms in total. The summed E-state index contributed by atoms with van der Waals surface area (Å²) in [4.78, 5) is 8.26. The number of ether oxygens (including phenoxy) is 1. The monoisotopic (exact) mass is 323 g/mol. The first-order valence-corrected chi connectivity index (χ1v) is 7.56. The average molecular weight is 323 g/mol. The summed E-state index contributed by atoms with van der Waals surface area (Å²) in [5.74, 6) is 0.191. The van der Waals surface area contributed by atoms with E-state index in [0.29, 0.717) is 12.2 Å². The van der Waals surface area contributed by atoms with Gasteiger partial charge in [0.25, 0.3) is 6.43 Å². The van der Waals surface area contributed by atoms with Crippen LogP contribution in [0.4, 0.5) is 14.7 Å². The van der Waals surface area contributed by atoms with E-state index in [2.05, 4.69) is 20.4 Å². The van der Waals surface area contributed by atoms with E-state index in [-0.39, 0.29) is 17.7 Å². The van der Waals surface area contributed by atoms with Crippen molar-refractivity contribution in [2.75, 3.05) is 18.5 Å². The highest BCUT2D eigenvalue weighted by atomic mass is 19.3. The zero-order valence-corrected chi connectivity index (χ0v) is 13.1. The van der Waals surface area contributed by atoms with Crippen molar-refractivity contribution in [2.45, 2.75) is 32.3 Å². The Labute approximate surface area is 132 Å². The first kappa shape index (κ1) is 15.8. The second-order valence-corrected chi connectivity index (χ2v) is 5.62. The minimum Gasteiger partial charge on any atom is -0.376 e. The van der Waals surface area contributed by atoms with Gasteiger partial charge in [-0.2, -0.15) is 5.10 Å². The van der Waals surface area contributed by atoms with Crippen LogP contribution in [0.15, 0.2) is 12.3 Å². The van der Waals surface area contributed by atoms with E-state index in [1.54, 1.807) is 17.9 Å². The molecule has 2 aromatic rings. The minimum atomic E-state index is -2.66. The predicted octanol–water partition coefficient (Wildman–Crippen LogP) is 2.71. The van der Waals surface area contributed by atoms with E-state index >= 15 is 0 Å². The van der Waals surface area contributed by atoms with Gasteiger partial charge in [0.1, 0.15) is 5.69 Å². The van der Waals surface area contributed by atoms with Gasteiger partial charge in [-0.25, -0.2) is 18.7 Å². The molecular weight excluding hydrogens is 304 g/mol. The van der Waals surface area contributed by atoms with Gasteiger partial charge in [0.2, 0.25) is 5.95 Å². The molecule has 1 aliphatic heterocycles. The summed E-state index contributed by atoms with van der Waals surface area (Å²) in [5, 5.41) is 7.24. The number of hydrogen-bond acceptors (Lipinski definition) is 5. The lowest BCUT2D eigenvalue weighted by Gasteiger charge is -2.12. The van der Waals surface area contributed by atoms with Crippen molar-refractivity contribution < 1.29 is 13.5 Å². The maximum Gasteiger partial charge on any atom is 0.280 e. The van der Waals surface area contributed by atoms with E-state index in [4.69, 9.17) is 4.74 Å². The number of halogens is 2. The summed E-state index contributed by atoms with van der Waals surface area (Å²) in [6, 6.07) is 1.31. The molecule has 1 N–H and O–H groups in total. The minimum absolute atomic E-state index is 0.0809. The van der Waals surface area contributed by atoms with E-state index in [0.717, 1.165) is 30.7 Å². The molecule has 3 heterocycles. The summed E-state index contributed by atoms with van der Waals surface area (Å²) in [6.45, 7) is 3.07. The quantitative estimate of drug-likeness (QED) is 0.916. The van der Waals surface area contributed by atoms with Crippen molar-refractivity contribution in [3.8, 4) is 11.3 Å². The smallest absolute Gasteiger partial charge is 0.280 e. The molecule has 0 aromatic carbocycles. The fourth-order valence-corrected chi connectivity index (χ4v) is 2.66. The zero-order chi connectivity index (χ0) is 16.4. The number of aryl methyl sites for hydroxylation is 2. The molecule has 1 saturated heterocycles. The fourth-order valence-electron chi connectivity index (χ4n) is 2.66. The first-order chi connectivity index (χ1) is 11.0. The number of hydrogen-bond donors (Lipinski definition) is 1. The average Bonchev–Trinajstić information content (AvgIpc) is 3.14. The number of nitrogens with one attached hydrogen (secondary N) is 1. The van der Waals surface area contributed by atoms with Gasteiger partial charge in [-0.3, -0.25) is 4.68 Å². The highest BCUT2D eigenvalue weighted by Crippen LogP contribution is 2.26. The van der Waals surface area contributed by atoms with Gasteiger partial charge in [0.15, 0.2) is 0 Å². The third kappa shape index (κ3) is 3.64. The summed E-state index contributed by atoms with van der Waals surface area (Å²) >= 11 is 0. The SMILES string of the molecule is Cc1nn(C)cc1-c1cc(C(F)F)nc(NCC2CCCO2)n1. The number of alkyl halides is 2. The van der Waals surface area contributed by atoms with Crippen molar-refractivity contribution in [1.29, 1.82) is 0 Å².